The third kappa shape index (κ3) is 2.71. The molecular weight excluding hydrogens is 272 g/mol. The van der Waals surface area contributed by atoms with E-state index in [9.17, 15) is 4.79 Å². The van der Waals surface area contributed by atoms with E-state index in [2.05, 4.69) is 12.2 Å². The largest absolute Gasteiger partial charge is 0.352 e. The van der Waals surface area contributed by atoms with Crippen LogP contribution in [0.1, 0.15) is 58.8 Å². The average molecular weight is 301 g/mol. The number of carbonyl (C=O) groups excluding carboxylic acids is 1. The molecule has 2 atom stereocenters. The topological polar surface area (TPSA) is 55.1 Å². The number of nitrogens with two attached hydrogens (primary N) is 1. The van der Waals surface area contributed by atoms with E-state index in [-0.39, 0.29) is 24.4 Å². The maximum absolute atomic E-state index is 12.0. The molecule has 0 heterocycles. The Morgan fingerprint density at radius 1 is 1.20 bits per heavy atom. The van der Waals surface area contributed by atoms with E-state index in [0.717, 1.165) is 24.2 Å². The van der Waals surface area contributed by atoms with E-state index in [0.29, 0.717) is 11.5 Å². The molecule has 1 amide bonds. The van der Waals surface area contributed by atoms with Gasteiger partial charge in [0.2, 0.25) is 5.91 Å². The lowest BCUT2D eigenvalue weighted by Crippen LogP contribution is -2.57. The molecule has 4 saturated carbocycles. The van der Waals surface area contributed by atoms with Crippen LogP contribution in [0.3, 0.4) is 0 Å². The van der Waals surface area contributed by atoms with Crippen LogP contribution < -0.4 is 11.1 Å². The van der Waals surface area contributed by atoms with E-state index in [1.807, 2.05) is 6.92 Å². The average Bonchev–Trinajstić information content (AvgIpc) is 2.36. The summed E-state index contributed by atoms with van der Waals surface area (Å²) in [4.78, 5) is 12.0. The van der Waals surface area contributed by atoms with Crippen molar-refractivity contribution in [1.82, 2.24) is 5.32 Å². The Morgan fingerprint density at radius 2 is 1.65 bits per heavy atom. The van der Waals surface area contributed by atoms with Crippen molar-refractivity contribution in [3.8, 4) is 0 Å². The quantitative estimate of drug-likeness (QED) is 0.839. The molecule has 0 aliphatic heterocycles. The molecule has 4 aliphatic rings. The summed E-state index contributed by atoms with van der Waals surface area (Å²) in [7, 11) is 0. The molecule has 4 aliphatic carbocycles. The summed E-state index contributed by atoms with van der Waals surface area (Å²) in [5, 5.41) is 3.22. The summed E-state index contributed by atoms with van der Waals surface area (Å²) in [6, 6.07) is -0.0395. The Bertz CT molecular complexity index is 336. The van der Waals surface area contributed by atoms with Gasteiger partial charge in [-0.1, -0.05) is 6.92 Å². The Kier molecular flexibility index (Phi) is 4.70. The van der Waals surface area contributed by atoms with Crippen molar-refractivity contribution in [2.75, 3.05) is 0 Å². The molecule has 1 unspecified atom stereocenters. The van der Waals surface area contributed by atoms with Gasteiger partial charge in [0, 0.05) is 6.04 Å². The van der Waals surface area contributed by atoms with E-state index < -0.39 is 0 Å². The van der Waals surface area contributed by atoms with E-state index in [1.165, 1.54) is 38.5 Å². The first-order valence-corrected chi connectivity index (χ1v) is 8.08. The molecule has 20 heavy (non-hydrogen) atoms. The van der Waals surface area contributed by atoms with Gasteiger partial charge in [-0.25, -0.2) is 0 Å². The van der Waals surface area contributed by atoms with Gasteiger partial charge in [-0.15, -0.1) is 12.4 Å². The first kappa shape index (κ1) is 16.1. The number of rotatable bonds is 4. The number of amides is 1. The number of hydrogen-bond acceptors (Lipinski definition) is 2. The van der Waals surface area contributed by atoms with Crippen molar-refractivity contribution in [3.05, 3.63) is 0 Å². The second kappa shape index (κ2) is 5.84. The van der Waals surface area contributed by atoms with Crippen LogP contribution in [0.5, 0.6) is 0 Å². The van der Waals surface area contributed by atoms with Gasteiger partial charge in [-0.3, -0.25) is 4.79 Å². The lowest BCUT2D eigenvalue weighted by atomic mass is 9.48. The third-order valence-corrected chi connectivity index (χ3v) is 6.14. The van der Waals surface area contributed by atoms with Crippen molar-refractivity contribution in [3.63, 3.8) is 0 Å². The molecule has 4 rings (SSSR count). The summed E-state index contributed by atoms with van der Waals surface area (Å²) in [6.07, 6.45) is 9.09. The van der Waals surface area contributed by atoms with Gasteiger partial charge in [0.25, 0.3) is 0 Å². The molecular formula is C16H29ClN2O. The fourth-order valence-electron chi connectivity index (χ4n) is 5.37. The van der Waals surface area contributed by atoms with E-state index in [4.69, 9.17) is 5.73 Å². The van der Waals surface area contributed by atoms with Crippen LogP contribution in [-0.4, -0.2) is 18.0 Å². The van der Waals surface area contributed by atoms with Crippen LogP contribution in [0, 0.1) is 23.2 Å². The van der Waals surface area contributed by atoms with Gasteiger partial charge in [0.15, 0.2) is 0 Å². The molecule has 0 aromatic heterocycles. The molecule has 0 spiro atoms. The minimum absolute atomic E-state index is 0. The van der Waals surface area contributed by atoms with Crippen molar-refractivity contribution in [1.29, 1.82) is 0 Å². The van der Waals surface area contributed by atoms with Crippen LogP contribution >= 0.6 is 12.4 Å². The smallest absolute Gasteiger partial charge is 0.237 e. The van der Waals surface area contributed by atoms with Gasteiger partial charge < -0.3 is 11.1 Å². The Hall–Kier alpha value is -0.280. The number of carbonyl (C=O) groups is 1. The van der Waals surface area contributed by atoms with Gasteiger partial charge >= 0.3 is 0 Å². The molecule has 0 radical (unpaired) electrons. The summed E-state index contributed by atoms with van der Waals surface area (Å²) < 4.78 is 0. The van der Waals surface area contributed by atoms with Crippen LogP contribution in [-0.2, 0) is 4.79 Å². The van der Waals surface area contributed by atoms with Crippen molar-refractivity contribution < 1.29 is 4.79 Å². The number of halogens is 1. The highest BCUT2D eigenvalue weighted by Crippen LogP contribution is 2.61. The molecule has 3 nitrogen and oxygen atoms in total. The predicted octanol–water partition coefficient (Wildman–Crippen LogP) is 2.87. The fraction of sp³-hybridized carbons (Fsp3) is 0.938. The Morgan fingerprint density at radius 3 is 2.05 bits per heavy atom. The zero-order valence-electron chi connectivity index (χ0n) is 12.7. The second-order valence-corrected chi connectivity index (χ2v) is 7.52. The van der Waals surface area contributed by atoms with E-state index in [1.54, 1.807) is 0 Å². The molecule has 4 fully saturated rings. The van der Waals surface area contributed by atoms with Gasteiger partial charge in [0.05, 0.1) is 6.04 Å². The highest BCUT2D eigenvalue weighted by Gasteiger charge is 2.53. The zero-order chi connectivity index (χ0) is 13.6. The third-order valence-electron chi connectivity index (χ3n) is 6.14. The van der Waals surface area contributed by atoms with Crippen molar-refractivity contribution >= 4 is 18.3 Å². The first-order chi connectivity index (χ1) is 9.02. The summed E-state index contributed by atoms with van der Waals surface area (Å²) in [5.41, 5.74) is 6.23. The standard InChI is InChI=1S/C16H28N2O.ClH/c1-3-14(17)15(19)18-10(2)16-7-11-4-12(8-16)6-13(5-11)9-16;/h10-14H,3-9,17H2,1-2H3,(H,18,19);1H/t10?,11?,12?,13?,14-,16?;/m0./s1. The van der Waals surface area contributed by atoms with Gasteiger partial charge in [0.1, 0.15) is 0 Å². The Balaban J connectivity index is 0.00000147. The minimum atomic E-state index is -0.337. The summed E-state index contributed by atoms with van der Waals surface area (Å²) >= 11 is 0. The lowest BCUT2D eigenvalue weighted by Gasteiger charge is -2.59. The molecule has 0 aromatic carbocycles. The van der Waals surface area contributed by atoms with Crippen LogP contribution in [0.4, 0.5) is 0 Å². The first-order valence-electron chi connectivity index (χ1n) is 8.08. The molecule has 4 heteroatoms. The molecule has 3 N–H and O–H groups in total. The fourth-order valence-corrected chi connectivity index (χ4v) is 5.37. The summed E-state index contributed by atoms with van der Waals surface area (Å²) in [6.45, 7) is 4.19. The highest BCUT2D eigenvalue weighted by molar-refractivity contribution is 5.85. The lowest BCUT2D eigenvalue weighted by molar-refractivity contribution is -0.127. The monoisotopic (exact) mass is 300 g/mol. The SMILES string of the molecule is CC[C@H](N)C(=O)NC(C)C12CC3CC(CC(C3)C1)C2.Cl. The zero-order valence-corrected chi connectivity index (χ0v) is 13.5. The number of hydrogen-bond donors (Lipinski definition) is 2. The molecule has 4 bridgehead atoms. The molecule has 0 saturated heterocycles. The van der Waals surface area contributed by atoms with Crippen LogP contribution in [0.2, 0.25) is 0 Å². The summed E-state index contributed by atoms with van der Waals surface area (Å²) in [5.74, 6) is 2.85. The highest BCUT2D eigenvalue weighted by atomic mass is 35.5. The van der Waals surface area contributed by atoms with Crippen molar-refractivity contribution in [2.45, 2.75) is 70.9 Å². The maximum atomic E-state index is 12.0. The number of nitrogens with one attached hydrogen (secondary N) is 1. The van der Waals surface area contributed by atoms with Gasteiger partial charge in [-0.05, 0) is 75.0 Å². The predicted molar refractivity (Wildman–Crippen MR) is 83.7 cm³/mol. The van der Waals surface area contributed by atoms with Crippen LogP contribution in [0.15, 0.2) is 0 Å². The van der Waals surface area contributed by atoms with E-state index >= 15 is 0 Å². The maximum Gasteiger partial charge on any atom is 0.237 e. The normalized spacial score (nSPS) is 40.9. The second-order valence-electron chi connectivity index (χ2n) is 7.52. The van der Waals surface area contributed by atoms with Crippen molar-refractivity contribution in [2.24, 2.45) is 28.9 Å². The van der Waals surface area contributed by atoms with Gasteiger partial charge in [-0.2, -0.15) is 0 Å². The minimum Gasteiger partial charge on any atom is -0.352 e. The molecule has 116 valence electrons. The van der Waals surface area contributed by atoms with Crippen LogP contribution in [0.25, 0.3) is 0 Å². The Labute approximate surface area is 128 Å². The molecule has 0 aromatic rings.